The molecular formula is C44H73NO12. The van der Waals surface area contributed by atoms with Crippen LogP contribution in [-0.2, 0) is 23.9 Å². The summed E-state index contributed by atoms with van der Waals surface area (Å²) in [6.07, 6.45) is 0.600. The second-order valence-corrected chi connectivity index (χ2v) is 17.6. The maximum absolute atomic E-state index is 13.9. The minimum atomic E-state index is -2.52. The summed E-state index contributed by atoms with van der Waals surface area (Å²) < 4.78 is 12.0. The molecule has 1 amide bonds. The SMILES string of the molecule is CC/C1=C\C[C@@H](/C(C)=C/[C@H](C)[C@H](C)O)OC(=O)[C@H]2CCCN2C(=O)C(=O)[C@]2(O)O[C@H](CC[C@@H]2C)C[C@H](O)[C@H](C)[C@H](O)C[C@H](O)C[C@@H](O)/C(C)=C/[C@@H](C)C[C@H](C)[C@@H]1O. The van der Waals surface area contributed by atoms with Gasteiger partial charge in [-0.1, -0.05) is 59.8 Å². The first-order chi connectivity index (χ1) is 26.6. The van der Waals surface area contributed by atoms with Crippen molar-refractivity contribution in [2.75, 3.05) is 6.54 Å². The van der Waals surface area contributed by atoms with Crippen molar-refractivity contribution in [1.29, 1.82) is 0 Å². The number of carbonyl (C=O) groups is 3. The molecule has 2 fully saturated rings. The van der Waals surface area contributed by atoms with Crippen LogP contribution in [-0.4, -0.2) is 126 Å². The molecule has 0 saturated carbocycles. The number of esters is 1. The van der Waals surface area contributed by atoms with Crippen LogP contribution >= 0.6 is 0 Å². The third-order valence-corrected chi connectivity index (χ3v) is 12.8. The maximum atomic E-state index is 13.9. The number of aliphatic hydroxyl groups is 7. The molecule has 2 bridgehead atoms. The minimum absolute atomic E-state index is 0.0316. The van der Waals surface area contributed by atoms with E-state index in [0.29, 0.717) is 43.3 Å². The topological polar surface area (TPSA) is 215 Å². The Morgan fingerprint density at radius 2 is 1.61 bits per heavy atom. The lowest BCUT2D eigenvalue weighted by atomic mass is 9.83. The third kappa shape index (κ3) is 13.0. The number of ether oxygens (including phenoxy) is 2. The van der Waals surface area contributed by atoms with E-state index in [1.54, 1.807) is 34.6 Å². The maximum Gasteiger partial charge on any atom is 0.329 e. The van der Waals surface area contributed by atoms with Gasteiger partial charge in [-0.3, -0.25) is 9.59 Å². The Morgan fingerprint density at radius 3 is 2.25 bits per heavy atom. The number of cyclic esters (lactones) is 1. The van der Waals surface area contributed by atoms with Crippen LogP contribution in [0.3, 0.4) is 0 Å². The molecule has 3 aliphatic rings. The number of hydrogen-bond donors (Lipinski definition) is 7. The van der Waals surface area contributed by atoms with E-state index < -0.39 is 90.2 Å². The zero-order chi connectivity index (χ0) is 42.9. The van der Waals surface area contributed by atoms with Crippen LogP contribution in [0.25, 0.3) is 0 Å². The Kier molecular flexibility index (Phi) is 18.6. The summed E-state index contributed by atoms with van der Waals surface area (Å²) in [5.41, 5.74) is 2.08. The molecule has 0 aromatic rings. The van der Waals surface area contributed by atoms with Gasteiger partial charge in [-0.25, -0.2) is 4.79 Å². The lowest BCUT2D eigenvalue weighted by Gasteiger charge is -2.42. The third-order valence-electron chi connectivity index (χ3n) is 12.8. The van der Waals surface area contributed by atoms with Crippen molar-refractivity contribution in [2.45, 2.75) is 187 Å². The van der Waals surface area contributed by atoms with Crippen LogP contribution < -0.4 is 0 Å². The summed E-state index contributed by atoms with van der Waals surface area (Å²) in [6, 6.07) is -1.09. The van der Waals surface area contributed by atoms with Gasteiger partial charge in [0.15, 0.2) is 0 Å². The molecule has 326 valence electrons. The molecule has 3 rings (SSSR count). The zero-order valence-corrected chi connectivity index (χ0v) is 35.7. The van der Waals surface area contributed by atoms with Gasteiger partial charge in [0.05, 0.1) is 42.7 Å². The standard InChI is InChI=1S/C44H73NO12/c1-10-32-14-16-39(27(5)20-25(3)31(9)46)56-43(54)35-12-11-17-45(35)42(53)41(52)44(55)29(7)13-15-34(57-44)23-38(50)30(8)37(49)22-33(47)21-36(48)26(4)18-24(2)19-28(6)40(32)51/h14,18,20,24-25,28-31,33-40,46-51,55H,10-13,15-17,19,21-23H2,1-9H3/b26-18+,27-20+,32-14+/t24-,25+,28+,29+,30-,31+,33-,34-,35-,36-,37-,38+,39+,40+,44-/m1/s1. The molecule has 0 aromatic carbocycles. The normalized spacial score (nSPS) is 41.2. The smallest absolute Gasteiger partial charge is 0.329 e. The average molecular weight is 808 g/mol. The van der Waals surface area contributed by atoms with Crippen LogP contribution in [0.15, 0.2) is 34.9 Å². The minimum Gasteiger partial charge on any atom is -0.456 e. The molecular weight excluding hydrogens is 734 g/mol. The number of rotatable bonds is 4. The molecule has 0 spiro atoms. The second-order valence-electron chi connectivity index (χ2n) is 17.6. The highest BCUT2D eigenvalue weighted by molar-refractivity contribution is 6.39. The van der Waals surface area contributed by atoms with Crippen molar-refractivity contribution in [3.8, 4) is 0 Å². The summed E-state index contributed by atoms with van der Waals surface area (Å²) in [5, 5.41) is 77.2. The summed E-state index contributed by atoms with van der Waals surface area (Å²) in [6.45, 7) is 16.2. The van der Waals surface area contributed by atoms with Gasteiger partial charge in [0.2, 0.25) is 5.79 Å². The molecule has 13 nitrogen and oxygen atoms in total. The van der Waals surface area contributed by atoms with Crippen molar-refractivity contribution in [1.82, 2.24) is 4.90 Å². The fraction of sp³-hybridized carbons (Fsp3) is 0.795. The van der Waals surface area contributed by atoms with Crippen LogP contribution in [0.4, 0.5) is 0 Å². The summed E-state index contributed by atoms with van der Waals surface area (Å²) in [4.78, 5) is 42.8. The lowest BCUT2D eigenvalue weighted by molar-refractivity contribution is -0.266. The van der Waals surface area contributed by atoms with Crippen molar-refractivity contribution in [2.24, 2.45) is 29.6 Å². The van der Waals surface area contributed by atoms with Gasteiger partial charge in [-0.2, -0.15) is 0 Å². The molecule has 0 radical (unpaired) electrons. The highest BCUT2D eigenvalue weighted by atomic mass is 16.6. The Balaban J connectivity index is 2.01. The van der Waals surface area contributed by atoms with Crippen molar-refractivity contribution in [3.63, 3.8) is 0 Å². The number of fused-ring (bicyclic) bond motifs is 3. The number of allylic oxidation sites excluding steroid dienone is 1. The van der Waals surface area contributed by atoms with Gasteiger partial charge in [-0.15, -0.1) is 0 Å². The van der Waals surface area contributed by atoms with Crippen LogP contribution in [0.5, 0.6) is 0 Å². The summed E-state index contributed by atoms with van der Waals surface area (Å²) in [5.74, 6) is -7.51. The number of hydrogen-bond acceptors (Lipinski definition) is 12. The zero-order valence-electron chi connectivity index (χ0n) is 35.7. The van der Waals surface area contributed by atoms with E-state index in [0.717, 1.165) is 10.5 Å². The molecule has 3 heterocycles. The summed E-state index contributed by atoms with van der Waals surface area (Å²) >= 11 is 0. The van der Waals surface area contributed by atoms with Crippen LogP contribution in [0, 0.1) is 29.6 Å². The predicted molar refractivity (Wildman–Crippen MR) is 215 cm³/mol. The Hall–Kier alpha value is -2.49. The number of ketones is 1. The van der Waals surface area contributed by atoms with Crippen LogP contribution in [0.2, 0.25) is 0 Å². The van der Waals surface area contributed by atoms with E-state index in [4.69, 9.17) is 9.47 Å². The monoisotopic (exact) mass is 808 g/mol. The Labute approximate surface area is 339 Å². The van der Waals surface area contributed by atoms with Crippen LogP contribution in [0.1, 0.15) is 127 Å². The van der Waals surface area contributed by atoms with Crippen molar-refractivity contribution < 1.29 is 59.6 Å². The number of nitrogens with zero attached hydrogens (tertiary/aromatic N) is 1. The van der Waals surface area contributed by atoms with Gasteiger partial charge in [0, 0.05) is 37.1 Å². The van der Waals surface area contributed by atoms with Gasteiger partial charge in [0.25, 0.3) is 11.7 Å². The molecule has 0 unspecified atom stereocenters. The average Bonchev–Trinajstić information content (AvgIpc) is 3.64. The largest absolute Gasteiger partial charge is 0.456 e. The first-order valence-electron chi connectivity index (χ1n) is 21.2. The predicted octanol–water partition coefficient (Wildman–Crippen LogP) is 3.88. The van der Waals surface area contributed by atoms with E-state index in [9.17, 15) is 50.1 Å². The molecule has 15 atom stereocenters. The fourth-order valence-electron chi connectivity index (χ4n) is 8.46. The molecule has 7 N–H and O–H groups in total. The van der Waals surface area contributed by atoms with Gasteiger partial charge >= 0.3 is 5.97 Å². The van der Waals surface area contributed by atoms with E-state index in [-0.39, 0.29) is 56.4 Å². The van der Waals surface area contributed by atoms with Crippen molar-refractivity contribution in [3.05, 3.63) is 34.9 Å². The van der Waals surface area contributed by atoms with Gasteiger partial charge < -0.3 is 50.1 Å². The molecule has 0 aromatic heterocycles. The van der Waals surface area contributed by atoms with E-state index in [1.807, 2.05) is 45.9 Å². The van der Waals surface area contributed by atoms with Gasteiger partial charge in [0.1, 0.15) is 12.1 Å². The highest BCUT2D eigenvalue weighted by Gasteiger charge is 2.53. The quantitative estimate of drug-likeness (QED) is 0.123. The molecule has 13 heteroatoms. The molecule has 0 aliphatic carbocycles. The Morgan fingerprint density at radius 1 is 0.965 bits per heavy atom. The van der Waals surface area contributed by atoms with Gasteiger partial charge in [-0.05, 0) is 101 Å². The lowest BCUT2D eigenvalue weighted by Crippen LogP contribution is -2.59. The number of aliphatic hydroxyl groups excluding tert-OH is 6. The first-order valence-corrected chi connectivity index (χ1v) is 21.2. The Bertz CT molecular complexity index is 1440. The number of amides is 1. The summed E-state index contributed by atoms with van der Waals surface area (Å²) in [7, 11) is 0. The second kappa shape index (κ2) is 21.7. The van der Waals surface area contributed by atoms with Crippen molar-refractivity contribution >= 4 is 17.7 Å². The number of Topliss-reactive ketones (excluding diaryl/α,β-unsaturated/α-hetero) is 1. The molecule has 3 aliphatic heterocycles. The molecule has 2 saturated heterocycles. The number of carbonyl (C=O) groups excluding carboxylic acids is 3. The van der Waals surface area contributed by atoms with E-state index in [2.05, 4.69) is 0 Å². The van der Waals surface area contributed by atoms with E-state index in [1.165, 1.54) is 0 Å². The highest BCUT2D eigenvalue weighted by Crippen LogP contribution is 2.37. The first kappa shape index (κ1) is 48.9. The van der Waals surface area contributed by atoms with E-state index >= 15 is 0 Å². The molecule has 57 heavy (non-hydrogen) atoms. The fourth-order valence-corrected chi connectivity index (χ4v) is 8.46.